The largest absolute Gasteiger partial charge is 0.416 e. The number of nitrogens with one attached hydrogen (secondary N) is 1. The fraction of sp³-hybridized carbons (Fsp3) is 0.367. The van der Waals surface area contributed by atoms with Gasteiger partial charge in [-0.1, -0.05) is 18.1 Å². The molecule has 1 aliphatic heterocycles. The molecule has 0 aliphatic carbocycles. The van der Waals surface area contributed by atoms with E-state index in [0.29, 0.717) is 22.7 Å². The maximum atomic E-state index is 13.3. The summed E-state index contributed by atoms with van der Waals surface area (Å²) in [5.74, 6) is 5.61. The summed E-state index contributed by atoms with van der Waals surface area (Å²) in [6.45, 7) is 6.78. The van der Waals surface area contributed by atoms with Crippen molar-refractivity contribution in [1.29, 1.82) is 0 Å². The van der Waals surface area contributed by atoms with Gasteiger partial charge in [0.05, 0.1) is 23.6 Å². The number of alkyl halides is 3. The van der Waals surface area contributed by atoms with Gasteiger partial charge >= 0.3 is 6.18 Å². The minimum Gasteiger partial charge on any atom is -0.391 e. The summed E-state index contributed by atoms with van der Waals surface area (Å²) < 4.78 is 39.9. The number of nitrogens with two attached hydrogens (primary N) is 3. The van der Waals surface area contributed by atoms with Gasteiger partial charge in [0.25, 0.3) is 5.91 Å². The molecule has 0 aromatic heterocycles. The number of hydrogen-bond donors (Lipinski definition) is 4. The van der Waals surface area contributed by atoms with Crippen LogP contribution in [0.3, 0.4) is 0 Å². The van der Waals surface area contributed by atoms with Crippen LogP contribution in [0.25, 0.3) is 0 Å². The van der Waals surface area contributed by atoms with Gasteiger partial charge in [0.15, 0.2) is 5.84 Å². The zero-order chi connectivity index (χ0) is 30.3. The molecule has 1 atom stereocenters. The van der Waals surface area contributed by atoms with Gasteiger partial charge < -0.3 is 27.4 Å². The molecule has 0 bridgehead atoms. The Morgan fingerprint density at radius 2 is 1.80 bits per heavy atom. The Bertz CT molecular complexity index is 1420. The summed E-state index contributed by atoms with van der Waals surface area (Å²) >= 11 is 0. The summed E-state index contributed by atoms with van der Waals surface area (Å²) in [5, 5.41) is 2.64. The first-order valence-electron chi connectivity index (χ1n) is 13.2. The quantitative estimate of drug-likeness (QED) is 0.246. The predicted octanol–water partition coefficient (Wildman–Crippen LogP) is 3.97. The molecule has 0 radical (unpaired) electrons. The highest BCUT2D eigenvalue weighted by molar-refractivity contribution is 6.05. The van der Waals surface area contributed by atoms with Crippen LogP contribution in [0.1, 0.15) is 52.4 Å². The fourth-order valence-electron chi connectivity index (χ4n) is 4.42. The molecule has 11 heteroatoms. The Labute approximate surface area is 238 Å². The van der Waals surface area contributed by atoms with E-state index in [4.69, 9.17) is 22.2 Å². The molecule has 0 saturated carbocycles. The number of anilines is 1. The molecule has 2 aromatic carbocycles. The first-order valence-corrected chi connectivity index (χ1v) is 13.2. The molecule has 1 amide bonds. The Hall–Kier alpha value is -4.14. The van der Waals surface area contributed by atoms with Crippen LogP contribution in [-0.2, 0) is 6.18 Å². The first-order chi connectivity index (χ1) is 19.3. The van der Waals surface area contributed by atoms with Crippen LogP contribution < -0.4 is 22.5 Å². The number of hydrogen-bond acceptors (Lipinski definition) is 5. The van der Waals surface area contributed by atoms with E-state index in [0.717, 1.165) is 43.9 Å². The first kappa shape index (κ1) is 31.4. The van der Waals surface area contributed by atoms with Crippen molar-refractivity contribution in [3.63, 3.8) is 0 Å². The molecule has 3 rings (SSSR count). The molecular weight excluding hydrogens is 531 g/mol. The lowest BCUT2D eigenvalue weighted by molar-refractivity contribution is -0.138. The maximum Gasteiger partial charge on any atom is 0.416 e. The van der Waals surface area contributed by atoms with Crippen LogP contribution in [-0.4, -0.2) is 55.2 Å². The number of allylic oxidation sites excluding steroid dienone is 1. The maximum absolute atomic E-state index is 13.3. The number of benzene rings is 2. The Morgan fingerprint density at radius 1 is 1.15 bits per heavy atom. The second-order valence-corrected chi connectivity index (χ2v) is 10.1. The number of likely N-dealkylation sites (tertiary alicyclic amines) is 1. The van der Waals surface area contributed by atoms with Crippen molar-refractivity contribution in [2.45, 2.75) is 51.9 Å². The zero-order valence-corrected chi connectivity index (χ0v) is 23.6. The van der Waals surface area contributed by atoms with Gasteiger partial charge in [-0.05, 0) is 95.1 Å². The topological polar surface area (TPSA) is 135 Å². The normalized spacial score (nSPS) is 16.6. The van der Waals surface area contributed by atoms with E-state index in [-0.39, 0.29) is 22.9 Å². The van der Waals surface area contributed by atoms with Gasteiger partial charge in [-0.25, -0.2) is 4.99 Å². The number of halogens is 3. The van der Waals surface area contributed by atoms with E-state index in [9.17, 15) is 18.0 Å². The number of nitrogens with zero attached hydrogens (tertiary/aromatic N) is 3. The second-order valence-electron chi connectivity index (χ2n) is 10.1. The van der Waals surface area contributed by atoms with E-state index in [1.807, 2.05) is 6.92 Å². The van der Waals surface area contributed by atoms with Gasteiger partial charge in [-0.15, -0.1) is 0 Å². The number of amidine groups is 1. The summed E-state index contributed by atoms with van der Waals surface area (Å²) in [6, 6.07) is 8.01. The number of aliphatic imine (C=N–C) groups is 2. The van der Waals surface area contributed by atoms with Crippen LogP contribution in [0.5, 0.6) is 0 Å². The fourth-order valence-corrected chi connectivity index (χ4v) is 4.42. The van der Waals surface area contributed by atoms with Crippen LogP contribution in [0.2, 0.25) is 0 Å². The van der Waals surface area contributed by atoms with E-state index in [1.54, 1.807) is 25.1 Å². The lowest BCUT2D eigenvalue weighted by Gasteiger charge is -2.27. The average molecular weight is 568 g/mol. The number of rotatable bonds is 5. The average Bonchev–Trinajstić information content (AvgIpc) is 2.89. The molecule has 1 aliphatic rings. The van der Waals surface area contributed by atoms with Crippen molar-refractivity contribution < 1.29 is 18.0 Å². The standard InChI is InChI=1S/C30H36F3N7O/c1-18-6-9-24(39-29(41)22-7-5-19(2)25(16-22)30(31,32)33)15-21(18)8-10-26(36)27(20(3)35)28(37-17-34)38-23-11-13-40(4)14-12-23/h5-7,9,15-17,20,23H,11-14,35-36H2,1-4H3,(H,39,41)(H2,34,37,38). The van der Waals surface area contributed by atoms with Crippen LogP contribution in [0.4, 0.5) is 18.9 Å². The molecule has 1 heterocycles. The predicted molar refractivity (Wildman–Crippen MR) is 158 cm³/mol. The molecular formula is C30H36F3N7O. The zero-order valence-electron chi connectivity index (χ0n) is 23.6. The van der Waals surface area contributed by atoms with Crippen LogP contribution in [0.15, 0.2) is 57.7 Å². The molecule has 0 spiro atoms. The molecule has 2 aromatic rings. The van der Waals surface area contributed by atoms with Crippen molar-refractivity contribution in [1.82, 2.24) is 4.90 Å². The van der Waals surface area contributed by atoms with E-state index in [2.05, 4.69) is 34.1 Å². The van der Waals surface area contributed by atoms with E-state index >= 15 is 0 Å². The van der Waals surface area contributed by atoms with Crippen molar-refractivity contribution in [3.8, 4) is 11.8 Å². The smallest absolute Gasteiger partial charge is 0.391 e. The molecule has 1 saturated heterocycles. The lowest BCUT2D eigenvalue weighted by Crippen LogP contribution is -2.33. The van der Waals surface area contributed by atoms with Crippen molar-refractivity contribution in [3.05, 3.63) is 75.5 Å². The number of carbonyl (C=O) groups excluding carboxylic acids is 1. The third-order valence-electron chi connectivity index (χ3n) is 6.81. The summed E-state index contributed by atoms with van der Waals surface area (Å²) in [4.78, 5) is 24.0. The monoisotopic (exact) mass is 567 g/mol. The highest BCUT2D eigenvalue weighted by atomic mass is 19.4. The van der Waals surface area contributed by atoms with Crippen molar-refractivity contribution >= 4 is 23.8 Å². The van der Waals surface area contributed by atoms with Gasteiger partial charge in [-0.3, -0.25) is 9.79 Å². The number of aryl methyl sites for hydroxylation is 2. The molecule has 7 N–H and O–H groups in total. The number of amides is 1. The van der Waals surface area contributed by atoms with Gasteiger partial charge in [0.2, 0.25) is 0 Å². The molecule has 41 heavy (non-hydrogen) atoms. The van der Waals surface area contributed by atoms with Crippen LogP contribution >= 0.6 is 0 Å². The number of piperidine rings is 1. The van der Waals surface area contributed by atoms with Crippen molar-refractivity contribution in [2.24, 2.45) is 27.2 Å². The van der Waals surface area contributed by atoms with Gasteiger partial charge in [0.1, 0.15) is 0 Å². The van der Waals surface area contributed by atoms with E-state index in [1.165, 1.54) is 19.1 Å². The second kappa shape index (κ2) is 13.5. The third kappa shape index (κ3) is 8.42. The molecule has 8 nitrogen and oxygen atoms in total. The SMILES string of the molecule is Cc1ccc(NC(=O)c2ccc(C)c(C(F)(F)F)c2)cc1C#CC(N)=C(C(N=CN)=NC1CCN(C)CC1)C(C)N. The van der Waals surface area contributed by atoms with Gasteiger partial charge in [-0.2, -0.15) is 13.2 Å². The highest BCUT2D eigenvalue weighted by Crippen LogP contribution is 2.32. The minimum absolute atomic E-state index is 0.0375. The summed E-state index contributed by atoms with van der Waals surface area (Å²) in [7, 11) is 2.06. The summed E-state index contributed by atoms with van der Waals surface area (Å²) in [5.41, 5.74) is 19.7. The highest BCUT2D eigenvalue weighted by Gasteiger charge is 2.33. The Kier molecular flexibility index (Phi) is 10.3. The molecule has 1 fully saturated rings. The summed E-state index contributed by atoms with van der Waals surface area (Å²) in [6.07, 6.45) is -1.67. The van der Waals surface area contributed by atoms with Gasteiger partial charge in [0, 0.05) is 28.4 Å². The van der Waals surface area contributed by atoms with Crippen molar-refractivity contribution in [2.75, 3.05) is 25.5 Å². The minimum atomic E-state index is -4.56. The van der Waals surface area contributed by atoms with Crippen LogP contribution in [0, 0.1) is 25.7 Å². The lowest BCUT2D eigenvalue weighted by atomic mass is 10.0. The number of carbonyl (C=O) groups is 1. The Balaban J connectivity index is 1.90. The molecule has 1 unspecified atom stereocenters. The third-order valence-corrected chi connectivity index (χ3v) is 6.81. The van der Waals surface area contributed by atoms with E-state index < -0.39 is 23.7 Å². The molecule has 218 valence electrons. The Morgan fingerprint density at radius 3 is 2.41 bits per heavy atom.